The van der Waals surface area contributed by atoms with Crippen LogP contribution in [0.2, 0.25) is 0 Å². The first-order valence-corrected chi connectivity index (χ1v) is 9.68. The van der Waals surface area contributed by atoms with Crippen LogP contribution in [0.3, 0.4) is 0 Å². The molecule has 0 radical (unpaired) electrons. The van der Waals surface area contributed by atoms with Crippen molar-refractivity contribution >= 4 is 43.9 Å². The number of alkyl halides is 2. The molecule has 28 heavy (non-hydrogen) atoms. The summed E-state index contributed by atoms with van der Waals surface area (Å²) in [6.07, 6.45) is -2.73. The van der Waals surface area contributed by atoms with E-state index in [9.17, 15) is 18.0 Å². The highest BCUT2D eigenvalue weighted by Gasteiger charge is 2.19. The van der Waals surface area contributed by atoms with Crippen LogP contribution in [-0.2, 0) is 6.54 Å². The number of benzene rings is 1. The van der Waals surface area contributed by atoms with Crippen molar-refractivity contribution in [2.45, 2.75) is 19.9 Å². The Morgan fingerprint density at radius 3 is 2.64 bits per heavy atom. The molecule has 11 heteroatoms. The Balaban J connectivity index is 1.58. The van der Waals surface area contributed by atoms with E-state index in [0.29, 0.717) is 22.8 Å². The molecule has 4 rings (SSSR count). The molecule has 0 aliphatic heterocycles. The number of thiophene rings is 1. The smallest absolute Gasteiger partial charge is 0.291 e. The zero-order valence-electron chi connectivity index (χ0n) is 14.3. The molecule has 0 saturated carbocycles. The molecule has 3 aromatic heterocycles. The van der Waals surface area contributed by atoms with E-state index in [1.54, 1.807) is 22.9 Å². The van der Waals surface area contributed by atoms with Crippen molar-refractivity contribution in [1.82, 2.24) is 20.0 Å². The van der Waals surface area contributed by atoms with Gasteiger partial charge >= 0.3 is 0 Å². The number of fused-ring (bicyclic) bond motifs is 1. The summed E-state index contributed by atoms with van der Waals surface area (Å²) in [6.45, 7) is 2.26. The molecule has 6 nitrogen and oxygen atoms in total. The van der Waals surface area contributed by atoms with Crippen molar-refractivity contribution < 1.29 is 18.0 Å². The van der Waals surface area contributed by atoms with Gasteiger partial charge in [-0.05, 0) is 30.7 Å². The lowest BCUT2D eigenvalue weighted by Crippen LogP contribution is -2.09. The lowest BCUT2D eigenvalue weighted by Gasteiger charge is -2.03. The van der Waals surface area contributed by atoms with Crippen LogP contribution in [0.1, 0.15) is 32.4 Å². The first-order valence-electron chi connectivity index (χ1n) is 8.05. The van der Waals surface area contributed by atoms with Gasteiger partial charge in [-0.15, -0.1) is 21.5 Å². The summed E-state index contributed by atoms with van der Waals surface area (Å²) in [5.41, 5.74) is 1.63. The summed E-state index contributed by atoms with van der Waals surface area (Å²) in [5, 5.41) is 14.3. The standard InChI is InChI=1S/C17H12F3N5OS2/c1-8-11-6-12(14(26)21-17-23-22-15(28-17)13(19)20)27-16(11)25(24-8)7-9-2-4-10(18)5-3-9/h2-6,13H,7H2,1H3,(H,21,23,26). The van der Waals surface area contributed by atoms with Crippen molar-refractivity contribution in [3.63, 3.8) is 0 Å². The molecule has 0 aliphatic carbocycles. The van der Waals surface area contributed by atoms with Gasteiger partial charge < -0.3 is 0 Å². The number of hydrogen-bond donors (Lipinski definition) is 1. The molecule has 0 spiro atoms. The van der Waals surface area contributed by atoms with Crippen LogP contribution in [0.5, 0.6) is 0 Å². The number of rotatable bonds is 5. The highest BCUT2D eigenvalue weighted by atomic mass is 32.1. The van der Waals surface area contributed by atoms with Crippen molar-refractivity contribution in [2.75, 3.05) is 5.32 Å². The molecule has 1 aromatic carbocycles. The van der Waals surface area contributed by atoms with Gasteiger partial charge in [-0.1, -0.05) is 23.5 Å². The maximum atomic E-state index is 13.1. The van der Waals surface area contributed by atoms with Crippen molar-refractivity contribution in [3.8, 4) is 0 Å². The number of nitrogens with one attached hydrogen (secondary N) is 1. The summed E-state index contributed by atoms with van der Waals surface area (Å²) < 4.78 is 40.0. The number of aromatic nitrogens is 4. The molecular weight excluding hydrogens is 411 g/mol. The Kier molecular flexibility index (Phi) is 4.85. The van der Waals surface area contributed by atoms with E-state index in [-0.39, 0.29) is 10.9 Å². The molecule has 3 heterocycles. The molecule has 0 unspecified atom stereocenters. The third kappa shape index (κ3) is 3.62. The predicted octanol–water partition coefficient (Wildman–Crippen LogP) is 4.64. The molecule has 0 saturated heterocycles. The maximum Gasteiger partial charge on any atom is 0.291 e. The highest BCUT2D eigenvalue weighted by molar-refractivity contribution is 7.20. The van der Waals surface area contributed by atoms with E-state index in [1.165, 1.54) is 23.5 Å². The summed E-state index contributed by atoms with van der Waals surface area (Å²) in [4.78, 5) is 13.6. The van der Waals surface area contributed by atoms with E-state index in [4.69, 9.17) is 0 Å². The minimum Gasteiger partial charge on any atom is -0.296 e. The first-order chi connectivity index (χ1) is 13.4. The van der Waals surface area contributed by atoms with Crippen LogP contribution in [0.15, 0.2) is 30.3 Å². The van der Waals surface area contributed by atoms with Crippen LogP contribution < -0.4 is 5.32 Å². The average molecular weight is 423 g/mol. The van der Waals surface area contributed by atoms with Crippen molar-refractivity contribution in [3.05, 3.63) is 57.3 Å². The van der Waals surface area contributed by atoms with Crippen LogP contribution in [-0.4, -0.2) is 25.9 Å². The van der Waals surface area contributed by atoms with Gasteiger partial charge in [0.1, 0.15) is 10.6 Å². The molecule has 144 valence electrons. The van der Waals surface area contributed by atoms with Crippen LogP contribution >= 0.6 is 22.7 Å². The van der Waals surface area contributed by atoms with E-state index in [2.05, 4.69) is 20.6 Å². The van der Waals surface area contributed by atoms with Gasteiger partial charge in [0.25, 0.3) is 12.3 Å². The zero-order chi connectivity index (χ0) is 19.8. The quantitative estimate of drug-likeness (QED) is 0.508. The Morgan fingerprint density at radius 2 is 1.96 bits per heavy atom. The van der Waals surface area contributed by atoms with Crippen LogP contribution in [0.4, 0.5) is 18.3 Å². The summed E-state index contributed by atoms with van der Waals surface area (Å²) >= 11 is 1.86. The van der Waals surface area contributed by atoms with Crippen LogP contribution in [0.25, 0.3) is 10.2 Å². The molecule has 4 aromatic rings. The number of anilines is 1. The third-order valence-electron chi connectivity index (χ3n) is 3.92. The monoisotopic (exact) mass is 423 g/mol. The normalized spacial score (nSPS) is 11.5. The van der Waals surface area contributed by atoms with Gasteiger partial charge in [0.15, 0.2) is 5.01 Å². The summed E-state index contributed by atoms with van der Waals surface area (Å²) in [5.74, 6) is -0.766. The van der Waals surface area contributed by atoms with Crippen molar-refractivity contribution in [1.29, 1.82) is 0 Å². The molecule has 1 amide bonds. The van der Waals surface area contributed by atoms with Gasteiger partial charge in [-0.25, -0.2) is 13.2 Å². The van der Waals surface area contributed by atoms with Crippen LogP contribution in [0, 0.1) is 12.7 Å². The SMILES string of the molecule is Cc1nn(Cc2ccc(F)cc2)c2sc(C(=O)Nc3nnc(C(F)F)s3)cc12. The minimum atomic E-state index is -2.73. The van der Waals surface area contributed by atoms with Gasteiger partial charge in [0.2, 0.25) is 5.13 Å². The van der Waals surface area contributed by atoms with Gasteiger partial charge in [0, 0.05) is 5.39 Å². The number of amides is 1. The molecule has 0 bridgehead atoms. The topological polar surface area (TPSA) is 72.7 Å². The second-order valence-electron chi connectivity index (χ2n) is 5.90. The fourth-order valence-corrected chi connectivity index (χ4v) is 4.28. The van der Waals surface area contributed by atoms with Gasteiger partial charge in [-0.3, -0.25) is 14.8 Å². The maximum absolute atomic E-state index is 13.1. The van der Waals surface area contributed by atoms with E-state index < -0.39 is 17.3 Å². The number of aryl methyl sites for hydroxylation is 1. The number of hydrogen-bond acceptors (Lipinski definition) is 6. The number of halogens is 3. The average Bonchev–Trinajstić information content (AvgIpc) is 3.35. The van der Waals surface area contributed by atoms with E-state index >= 15 is 0 Å². The minimum absolute atomic E-state index is 0.0161. The Labute approximate surface area is 164 Å². The molecule has 1 N–H and O–H groups in total. The lowest BCUT2D eigenvalue weighted by atomic mass is 10.2. The molecule has 0 aliphatic rings. The summed E-state index contributed by atoms with van der Waals surface area (Å²) in [7, 11) is 0. The third-order valence-corrected chi connectivity index (χ3v) is 5.92. The first kappa shape index (κ1) is 18.6. The molecule has 0 fully saturated rings. The Morgan fingerprint density at radius 1 is 1.21 bits per heavy atom. The lowest BCUT2D eigenvalue weighted by molar-refractivity contribution is 0.103. The Hall–Kier alpha value is -2.79. The zero-order valence-corrected chi connectivity index (χ0v) is 16.0. The van der Waals surface area contributed by atoms with Crippen molar-refractivity contribution in [2.24, 2.45) is 0 Å². The van der Waals surface area contributed by atoms with E-state index in [0.717, 1.165) is 21.5 Å². The highest BCUT2D eigenvalue weighted by Crippen LogP contribution is 2.30. The fourth-order valence-electron chi connectivity index (χ4n) is 2.63. The number of carbonyl (C=O) groups excluding carboxylic acids is 1. The number of nitrogens with zero attached hydrogens (tertiary/aromatic N) is 4. The fraction of sp³-hybridized carbons (Fsp3) is 0.176. The second-order valence-corrected chi connectivity index (χ2v) is 7.94. The predicted molar refractivity (Wildman–Crippen MR) is 101 cm³/mol. The molecular formula is C17H12F3N5OS2. The van der Waals surface area contributed by atoms with Gasteiger partial charge in [-0.2, -0.15) is 5.10 Å². The number of carbonyl (C=O) groups is 1. The second kappa shape index (κ2) is 7.32. The Bertz CT molecular complexity index is 1150. The largest absolute Gasteiger partial charge is 0.296 e. The van der Waals surface area contributed by atoms with E-state index in [1.807, 2.05) is 6.92 Å². The summed E-state index contributed by atoms with van der Waals surface area (Å²) in [6, 6.07) is 7.82. The van der Waals surface area contributed by atoms with Gasteiger partial charge in [0.05, 0.1) is 17.1 Å². The molecule has 0 atom stereocenters.